The maximum Gasteiger partial charge on any atom is 0.298 e. The largest absolute Gasteiger partial charge is 0.300 e. The Kier molecular flexibility index (Phi) is 3.85. The molecule has 0 aliphatic carbocycles. The number of nitrogens with zero attached hydrogens (tertiary/aromatic N) is 3. The summed E-state index contributed by atoms with van der Waals surface area (Å²) in [4.78, 5) is 17.0. The number of benzene rings is 2. The minimum atomic E-state index is -0.737. The van der Waals surface area contributed by atoms with Crippen molar-refractivity contribution in [2.24, 2.45) is 0 Å². The predicted octanol–water partition coefficient (Wildman–Crippen LogP) is 4.39. The Labute approximate surface area is 151 Å². The van der Waals surface area contributed by atoms with E-state index in [4.69, 9.17) is 11.6 Å². The van der Waals surface area contributed by atoms with Gasteiger partial charge >= 0.3 is 0 Å². The number of fused-ring (bicyclic) bond motifs is 1. The van der Waals surface area contributed by atoms with Crippen molar-refractivity contribution >= 4 is 17.2 Å². The van der Waals surface area contributed by atoms with E-state index in [9.17, 15) is 13.6 Å². The molecule has 4 rings (SSSR count). The maximum absolute atomic E-state index is 14.0. The van der Waals surface area contributed by atoms with Gasteiger partial charge in [0.25, 0.3) is 5.56 Å². The second-order valence-corrected chi connectivity index (χ2v) is 6.30. The molecule has 0 N–H and O–H groups in total. The molecule has 0 atom stereocenters. The molecule has 0 radical (unpaired) electrons. The van der Waals surface area contributed by atoms with Gasteiger partial charge in [0.2, 0.25) is 5.65 Å². The first kappa shape index (κ1) is 16.5. The van der Waals surface area contributed by atoms with Crippen LogP contribution in [-0.2, 0) is 0 Å². The fourth-order valence-electron chi connectivity index (χ4n) is 2.74. The normalized spacial score (nSPS) is 11.2. The lowest BCUT2D eigenvalue weighted by molar-refractivity contribution is 0.585. The molecule has 2 aromatic heterocycles. The lowest BCUT2D eigenvalue weighted by Crippen LogP contribution is -2.19. The first-order chi connectivity index (χ1) is 12.4. The standard InChI is InChI=1S/C19H12ClF2N3O/c1-11-2-4-13(9-15(11)20)25-7-6-24-10-17(23-18(24)19(25)26)14-5-3-12(21)8-16(14)22/h2-10H,1H3. The molecule has 0 spiro atoms. The number of halogens is 3. The summed E-state index contributed by atoms with van der Waals surface area (Å²) in [6.45, 7) is 1.87. The molecule has 4 nitrogen and oxygen atoms in total. The summed E-state index contributed by atoms with van der Waals surface area (Å²) in [7, 11) is 0. The van der Waals surface area contributed by atoms with Crippen LogP contribution in [0.15, 0.2) is 59.8 Å². The summed E-state index contributed by atoms with van der Waals surface area (Å²) >= 11 is 6.14. The Morgan fingerprint density at radius 3 is 2.62 bits per heavy atom. The first-order valence-corrected chi connectivity index (χ1v) is 8.14. The van der Waals surface area contributed by atoms with Crippen molar-refractivity contribution in [3.05, 3.63) is 87.6 Å². The van der Waals surface area contributed by atoms with Gasteiger partial charge < -0.3 is 4.40 Å². The van der Waals surface area contributed by atoms with Crippen LogP contribution in [0.25, 0.3) is 22.6 Å². The molecule has 0 amide bonds. The third-order valence-corrected chi connectivity index (χ3v) is 4.57. The highest BCUT2D eigenvalue weighted by molar-refractivity contribution is 6.31. The Balaban J connectivity index is 1.88. The van der Waals surface area contributed by atoms with Crippen LogP contribution in [0.3, 0.4) is 0 Å². The highest BCUT2D eigenvalue weighted by Gasteiger charge is 2.14. The smallest absolute Gasteiger partial charge is 0.298 e. The van der Waals surface area contributed by atoms with Gasteiger partial charge in [-0.3, -0.25) is 9.36 Å². The topological polar surface area (TPSA) is 39.3 Å². The van der Waals surface area contributed by atoms with Crippen LogP contribution in [0.4, 0.5) is 8.78 Å². The molecule has 2 heterocycles. The van der Waals surface area contributed by atoms with Crippen molar-refractivity contribution in [2.45, 2.75) is 6.92 Å². The van der Waals surface area contributed by atoms with E-state index in [1.807, 2.05) is 13.0 Å². The monoisotopic (exact) mass is 371 g/mol. The van der Waals surface area contributed by atoms with Crippen LogP contribution in [0.1, 0.15) is 5.56 Å². The summed E-state index contributed by atoms with van der Waals surface area (Å²) in [6.07, 6.45) is 4.75. The lowest BCUT2D eigenvalue weighted by atomic mass is 10.1. The van der Waals surface area contributed by atoms with Crippen molar-refractivity contribution in [3.63, 3.8) is 0 Å². The molecule has 26 heavy (non-hydrogen) atoms. The molecule has 2 aromatic carbocycles. The van der Waals surface area contributed by atoms with Crippen LogP contribution >= 0.6 is 11.6 Å². The van der Waals surface area contributed by atoms with Crippen molar-refractivity contribution in [3.8, 4) is 16.9 Å². The zero-order valence-corrected chi connectivity index (χ0v) is 14.3. The SMILES string of the molecule is Cc1ccc(-n2ccn3cc(-c4ccc(F)cc4F)nc3c2=O)cc1Cl. The van der Waals surface area contributed by atoms with Crippen LogP contribution < -0.4 is 5.56 Å². The van der Waals surface area contributed by atoms with Crippen LogP contribution in [-0.4, -0.2) is 14.0 Å². The highest BCUT2D eigenvalue weighted by atomic mass is 35.5. The summed E-state index contributed by atoms with van der Waals surface area (Å²) in [5.41, 5.74) is 1.63. The molecule has 0 fully saturated rings. The minimum Gasteiger partial charge on any atom is -0.300 e. The highest BCUT2D eigenvalue weighted by Crippen LogP contribution is 2.23. The van der Waals surface area contributed by atoms with E-state index in [-0.39, 0.29) is 22.5 Å². The lowest BCUT2D eigenvalue weighted by Gasteiger charge is -2.07. The molecule has 0 aliphatic rings. The molecule has 130 valence electrons. The van der Waals surface area contributed by atoms with Gasteiger partial charge in [-0.15, -0.1) is 0 Å². The first-order valence-electron chi connectivity index (χ1n) is 7.76. The number of hydrogen-bond donors (Lipinski definition) is 0. The van der Waals surface area contributed by atoms with Crippen molar-refractivity contribution < 1.29 is 8.78 Å². The Hall–Kier alpha value is -2.99. The molecular formula is C19H12ClF2N3O. The van der Waals surface area contributed by atoms with E-state index >= 15 is 0 Å². The van der Waals surface area contributed by atoms with E-state index in [0.29, 0.717) is 10.7 Å². The van der Waals surface area contributed by atoms with Gasteiger partial charge in [0, 0.05) is 35.2 Å². The fraction of sp³-hybridized carbons (Fsp3) is 0.0526. The number of hydrogen-bond acceptors (Lipinski definition) is 2. The molecule has 7 heteroatoms. The summed E-state index contributed by atoms with van der Waals surface area (Å²) in [5, 5.41) is 0.548. The van der Waals surface area contributed by atoms with E-state index in [1.54, 1.807) is 24.5 Å². The number of aryl methyl sites for hydroxylation is 1. The molecule has 0 unspecified atom stereocenters. The molecule has 4 aromatic rings. The van der Waals surface area contributed by atoms with E-state index < -0.39 is 11.6 Å². The molecule has 0 saturated heterocycles. The fourth-order valence-corrected chi connectivity index (χ4v) is 2.92. The molecule has 0 bridgehead atoms. The van der Waals surface area contributed by atoms with E-state index in [1.165, 1.54) is 21.2 Å². The van der Waals surface area contributed by atoms with Crippen molar-refractivity contribution in [2.75, 3.05) is 0 Å². The Morgan fingerprint density at radius 2 is 1.88 bits per heavy atom. The number of imidazole rings is 1. The van der Waals surface area contributed by atoms with Crippen molar-refractivity contribution in [1.82, 2.24) is 14.0 Å². The van der Waals surface area contributed by atoms with Crippen LogP contribution in [0.5, 0.6) is 0 Å². The summed E-state index contributed by atoms with van der Waals surface area (Å²) < 4.78 is 30.0. The average molecular weight is 372 g/mol. The van der Waals surface area contributed by atoms with Gasteiger partial charge in [-0.25, -0.2) is 13.8 Å². The molecule has 0 aliphatic heterocycles. The van der Waals surface area contributed by atoms with Gasteiger partial charge in [-0.05, 0) is 36.8 Å². The third kappa shape index (κ3) is 2.68. The number of aromatic nitrogens is 3. The zero-order chi connectivity index (χ0) is 18.4. The van der Waals surface area contributed by atoms with Gasteiger partial charge in [-0.1, -0.05) is 17.7 Å². The van der Waals surface area contributed by atoms with E-state index in [2.05, 4.69) is 4.98 Å². The second-order valence-electron chi connectivity index (χ2n) is 5.89. The summed E-state index contributed by atoms with van der Waals surface area (Å²) in [5.74, 6) is -1.41. The maximum atomic E-state index is 14.0. The van der Waals surface area contributed by atoms with Gasteiger partial charge in [0.1, 0.15) is 11.6 Å². The quantitative estimate of drug-likeness (QED) is 0.524. The van der Waals surface area contributed by atoms with Crippen molar-refractivity contribution in [1.29, 1.82) is 0 Å². The van der Waals surface area contributed by atoms with Crippen LogP contribution in [0.2, 0.25) is 5.02 Å². The van der Waals surface area contributed by atoms with Crippen LogP contribution in [0, 0.1) is 18.6 Å². The average Bonchev–Trinajstić information content (AvgIpc) is 3.03. The third-order valence-electron chi connectivity index (χ3n) is 4.16. The Bertz CT molecular complexity index is 1210. The molecule has 0 saturated carbocycles. The van der Waals surface area contributed by atoms with Gasteiger partial charge in [0.05, 0.1) is 11.4 Å². The predicted molar refractivity (Wildman–Crippen MR) is 95.9 cm³/mol. The van der Waals surface area contributed by atoms with Gasteiger partial charge in [0.15, 0.2) is 0 Å². The van der Waals surface area contributed by atoms with E-state index in [0.717, 1.165) is 17.7 Å². The zero-order valence-electron chi connectivity index (χ0n) is 13.6. The Morgan fingerprint density at radius 1 is 1.08 bits per heavy atom. The summed E-state index contributed by atoms with van der Waals surface area (Å²) in [6, 6.07) is 8.52. The second kappa shape index (κ2) is 6.07. The number of rotatable bonds is 2. The minimum absolute atomic E-state index is 0.124. The molecular weight excluding hydrogens is 360 g/mol. The van der Waals surface area contributed by atoms with Gasteiger partial charge in [-0.2, -0.15) is 0 Å².